The Kier molecular flexibility index (Phi) is 2.84. The zero-order valence-corrected chi connectivity index (χ0v) is 7.01. The number of allylic oxidation sites excluding steroid dienone is 6. The molecule has 0 heterocycles. The maximum Gasteiger partial charge on any atom is 0.248 e. The third-order valence-electron chi connectivity index (χ3n) is 1.48. The van der Waals surface area contributed by atoms with Crippen LogP contribution in [0.4, 0.5) is 0 Å². The van der Waals surface area contributed by atoms with Crippen LogP contribution in [0.5, 0.6) is 0 Å². The Labute approximate surface area is 75.4 Å². The number of rotatable bonds is 1. The Balaban J connectivity index is 2.94. The molecule has 1 rings (SSSR count). The summed E-state index contributed by atoms with van der Waals surface area (Å²) >= 11 is 5.27. The Bertz CT molecular complexity index is 331. The second-order valence-corrected chi connectivity index (χ2v) is 2.65. The summed E-state index contributed by atoms with van der Waals surface area (Å²) in [6.45, 7) is 0. The third kappa shape index (κ3) is 2.08. The minimum Gasteiger partial charge on any atom is -0.276 e. The van der Waals surface area contributed by atoms with Crippen LogP contribution in [-0.4, -0.2) is 5.24 Å². The molecule has 0 atom stereocenters. The van der Waals surface area contributed by atoms with Crippen molar-refractivity contribution in [2.75, 3.05) is 0 Å². The predicted octanol–water partition coefficient (Wildman–Crippen LogP) is 2.09. The first-order valence-corrected chi connectivity index (χ1v) is 3.79. The second-order valence-electron chi connectivity index (χ2n) is 2.31. The van der Waals surface area contributed by atoms with Gasteiger partial charge in [-0.15, -0.1) is 0 Å². The molecule has 0 aromatic heterocycles. The molecule has 0 aromatic rings. The van der Waals surface area contributed by atoms with Gasteiger partial charge in [0.05, 0.1) is 11.6 Å². The lowest BCUT2D eigenvalue weighted by molar-refractivity contribution is -0.108. The van der Waals surface area contributed by atoms with Gasteiger partial charge in [0, 0.05) is 5.57 Å². The molecule has 0 saturated heterocycles. The van der Waals surface area contributed by atoms with E-state index in [2.05, 4.69) is 0 Å². The first-order valence-electron chi connectivity index (χ1n) is 3.41. The zero-order valence-electron chi connectivity index (χ0n) is 6.25. The monoisotopic (exact) mass is 179 g/mol. The highest BCUT2D eigenvalue weighted by Gasteiger charge is 2.04. The van der Waals surface area contributed by atoms with Crippen molar-refractivity contribution in [3.8, 4) is 6.07 Å². The van der Waals surface area contributed by atoms with E-state index in [1.165, 1.54) is 0 Å². The SMILES string of the molecule is N#CC1=CC=C(C(=O)Cl)CC=C1. The van der Waals surface area contributed by atoms with Crippen LogP contribution in [-0.2, 0) is 4.79 Å². The fraction of sp³-hybridized carbons (Fsp3) is 0.111. The fourth-order valence-electron chi connectivity index (χ4n) is 0.847. The van der Waals surface area contributed by atoms with E-state index in [0.29, 0.717) is 17.6 Å². The molecule has 0 N–H and O–H groups in total. The maximum atomic E-state index is 10.7. The van der Waals surface area contributed by atoms with E-state index in [9.17, 15) is 4.79 Å². The van der Waals surface area contributed by atoms with Gasteiger partial charge in [0.25, 0.3) is 0 Å². The first-order chi connectivity index (χ1) is 5.74. The van der Waals surface area contributed by atoms with Crippen LogP contribution in [0.25, 0.3) is 0 Å². The third-order valence-corrected chi connectivity index (χ3v) is 1.72. The Morgan fingerprint density at radius 1 is 1.58 bits per heavy atom. The van der Waals surface area contributed by atoms with Gasteiger partial charge in [0.1, 0.15) is 0 Å². The van der Waals surface area contributed by atoms with Crippen molar-refractivity contribution in [3.05, 3.63) is 35.5 Å². The van der Waals surface area contributed by atoms with Crippen LogP contribution in [0.3, 0.4) is 0 Å². The van der Waals surface area contributed by atoms with Crippen molar-refractivity contribution in [1.29, 1.82) is 5.26 Å². The summed E-state index contributed by atoms with van der Waals surface area (Å²) < 4.78 is 0. The summed E-state index contributed by atoms with van der Waals surface area (Å²) in [5.41, 5.74) is 1.04. The second kappa shape index (κ2) is 3.89. The van der Waals surface area contributed by atoms with E-state index >= 15 is 0 Å². The Morgan fingerprint density at radius 3 is 2.92 bits per heavy atom. The number of nitriles is 1. The molecule has 0 saturated carbocycles. The number of hydrogen-bond donors (Lipinski definition) is 0. The highest BCUT2D eigenvalue weighted by atomic mass is 35.5. The molecule has 3 heteroatoms. The molecule has 0 amide bonds. The summed E-state index contributed by atoms with van der Waals surface area (Å²) in [5, 5.41) is 8.06. The molecule has 60 valence electrons. The number of halogens is 1. The maximum absolute atomic E-state index is 10.7. The van der Waals surface area contributed by atoms with Gasteiger partial charge in [0.2, 0.25) is 5.24 Å². The van der Waals surface area contributed by atoms with Gasteiger partial charge in [-0.25, -0.2) is 0 Å². The molecule has 2 nitrogen and oxygen atoms in total. The summed E-state index contributed by atoms with van der Waals surface area (Å²) in [5.74, 6) is 0. The van der Waals surface area contributed by atoms with Gasteiger partial charge in [-0.3, -0.25) is 4.79 Å². The van der Waals surface area contributed by atoms with E-state index in [-0.39, 0.29) is 0 Å². The topological polar surface area (TPSA) is 40.9 Å². The largest absolute Gasteiger partial charge is 0.276 e. The minimum atomic E-state index is -0.463. The molecule has 0 bridgehead atoms. The summed E-state index contributed by atoms with van der Waals surface area (Å²) in [4.78, 5) is 10.7. The highest BCUT2D eigenvalue weighted by Crippen LogP contribution is 2.12. The van der Waals surface area contributed by atoms with Crippen LogP contribution in [0.15, 0.2) is 35.5 Å². The van der Waals surface area contributed by atoms with Crippen LogP contribution in [0, 0.1) is 11.3 Å². The number of carbonyl (C=O) groups is 1. The molecule has 0 spiro atoms. The molecule has 12 heavy (non-hydrogen) atoms. The normalized spacial score (nSPS) is 15.7. The zero-order chi connectivity index (χ0) is 8.97. The van der Waals surface area contributed by atoms with Gasteiger partial charge in [-0.05, 0) is 30.2 Å². The number of hydrogen-bond acceptors (Lipinski definition) is 2. The molecule has 0 aromatic carbocycles. The first kappa shape index (κ1) is 8.76. The molecular weight excluding hydrogens is 174 g/mol. The minimum absolute atomic E-state index is 0.463. The van der Waals surface area contributed by atoms with Gasteiger partial charge < -0.3 is 0 Å². The van der Waals surface area contributed by atoms with Crippen LogP contribution >= 0.6 is 11.6 Å². The lowest BCUT2D eigenvalue weighted by Crippen LogP contribution is -1.90. The van der Waals surface area contributed by atoms with Gasteiger partial charge >= 0.3 is 0 Å². The number of nitrogens with zero attached hydrogens (tertiary/aromatic N) is 1. The van der Waals surface area contributed by atoms with E-state index in [0.717, 1.165) is 0 Å². The fourth-order valence-corrected chi connectivity index (χ4v) is 0.987. The average Bonchev–Trinajstić information content (AvgIpc) is 2.28. The molecule has 1 aliphatic rings. The van der Waals surface area contributed by atoms with Crippen LogP contribution < -0.4 is 0 Å². The molecule has 1 aliphatic carbocycles. The molecular formula is C9H6ClNO. The molecule has 0 aliphatic heterocycles. The highest BCUT2D eigenvalue weighted by molar-refractivity contribution is 6.67. The molecule has 0 unspecified atom stereocenters. The van der Waals surface area contributed by atoms with E-state index in [1.54, 1.807) is 24.3 Å². The van der Waals surface area contributed by atoms with Crippen molar-refractivity contribution in [1.82, 2.24) is 0 Å². The molecule has 0 radical (unpaired) electrons. The van der Waals surface area contributed by atoms with Gasteiger partial charge in [0.15, 0.2) is 0 Å². The quantitative estimate of drug-likeness (QED) is 0.579. The Hall–Kier alpha value is -1.33. The summed E-state index contributed by atoms with van der Waals surface area (Å²) in [6, 6.07) is 1.98. The van der Waals surface area contributed by atoms with Crippen LogP contribution in [0.2, 0.25) is 0 Å². The predicted molar refractivity (Wildman–Crippen MR) is 46.4 cm³/mol. The summed E-state index contributed by atoms with van der Waals surface area (Å²) in [7, 11) is 0. The Morgan fingerprint density at radius 2 is 2.33 bits per heavy atom. The average molecular weight is 180 g/mol. The lowest BCUT2D eigenvalue weighted by Gasteiger charge is -1.91. The van der Waals surface area contributed by atoms with Crippen molar-refractivity contribution in [2.24, 2.45) is 0 Å². The van der Waals surface area contributed by atoms with E-state index in [1.807, 2.05) is 6.07 Å². The van der Waals surface area contributed by atoms with E-state index in [4.69, 9.17) is 16.9 Å². The van der Waals surface area contributed by atoms with Gasteiger partial charge in [-0.2, -0.15) is 5.26 Å². The lowest BCUT2D eigenvalue weighted by atomic mass is 10.2. The standard InChI is InChI=1S/C9H6ClNO/c10-9(12)8-3-1-2-7(6-11)4-5-8/h1-2,4-5H,3H2. The van der Waals surface area contributed by atoms with Gasteiger partial charge in [-0.1, -0.05) is 12.2 Å². The number of carbonyl (C=O) groups excluding carboxylic acids is 1. The summed E-state index contributed by atoms with van der Waals surface area (Å²) in [6.07, 6.45) is 7.06. The van der Waals surface area contributed by atoms with Crippen molar-refractivity contribution in [2.45, 2.75) is 6.42 Å². The smallest absolute Gasteiger partial charge is 0.248 e. The van der Waals surface area contributed by atoms with E-state index < -0.39 is 5.24 Å². The van der Waals surface area contributed by atoms with Crippen molar-refractivity contribution < 1.29 is 4.79 Å². The van der Waals surface area contributed by atoms with Crippen molar-refractivity contribution in [3.63, 3.8) is 0 Å². The van der Waals surface area contributed by atoms with Crippen LogP contribution in [0.1, 0.15) is 6.42 Å². The molecule has 0 fully saturated rings. The van der Waals surface area contributed by atoms with Crippen molar-refractivity contribution >= 4 is 16.8 Å².